The highest BCUT2D eigenvalue weighted by atomic mass is 32.2. The molecule has 0 bridgehead atoms. The Kier molecular flexibility index (Phi) is 7.51. The molecule has 0 radical (unpaired) electrons. The summed E-state index contributed by atoms with van der Waals surface area (Å²) in [7, 11) is -3.59. The smallest absolute Gasteiger partial charge is 0.250 e. The maximum Gasteiger partial charge on any atom is 0.250 e. The van der Waals surface area contributed by atoms with E-state index in [4.69, 9.17) is 0 Å². The highest BCUT2D eigenvalue weighted by molar-refractivity contribution is 7.91. The van der Waals surface area contributed by atoms with Crippen LogP contribution in [-0.2, 0) is 21.4 Å². The third-order valence-electron chi connectivity index (χ3n) is 3.33. The Bertz CT molecular complexity index is 882. The van der Waals surface area contributed by atoms with Gasteiger partial charge in [-0.05, 0) is 26.0 Å². The van der Waals surface area contributed by atoms with Crippen LogP contribution >= 0.6 is 11.3 Å². The Balaban J connectivity index is 1.86. The number of aromatic nitrogens is 2. The molecule has 0 fully saturated rings. The number of rotatable bonds is 10. The maximum absolute atomic E-state index is 12.3. The van der Waals surface area contributed by atoms with Gasteiger partial charge in [0.25, 0.3) is 0 Å². The summed E-state index contributed by atoms with van der Waals surface area (Å²) >= 11 is 1.13. The summed E-state index contributed by atoms with van der Waals surface area (Å²) < 4.78 is 27.4. The first kappa shape index (κ1) is 21.1. The van der Waals surface area contributed by atoms with E-state index >= 15 is 0 Å². The summed E-state index contributed by atoms with van der Waals surface area (Å²) in [5.74, 6) is 1.00. The molecule has 0 spiro atoms. The zero-order valence-electron chi connectivity index (χ0n) is 15.5. The van der Waals surface area contributed by atoms with Crippen molar-refractivity contribution in [1.82, 2.24) is 20.0 Å². The van der Waals surface area contributed by atoms with Crippen molar-refractivity contribution in [2.75, 3.05) is 30.3 Å². The lowest BCUT2D eigenvalue weighted by Crippen LogP contribution is -2.28. The van der Waals surface area contributed by atoms with E-state index < -0.39 is 10.0 Å². The minimum Gasteiger partial charge on any atom is -0.370 e. The number of anilines is 2. The Morgan fingerprint density at radius 3 is 2.67 bits per heavy atom. The lowest BCUT2D eigenvalue weighted by molar-refractivity contribution is -0.119. The minimum absolute atomic E-state index is 0.160. The van der Waals surface area contributed by atoms with E-state index in [2.05, 4.69) is 30.6 Å². The van der Waals surface area contributed by atoms with Crippen molar-refractivity contribution in [3.05, 3.63) is 28.8 Å². The van der Waals surface area contributed by atoms with Crippen LogP contribution in [0.1, 0.15) is 24.4 Å². The third kappa shape index (κ3) is 6.77. The van der Waals surface area contributed by atoms with E-state index in [0.717, 1.165) is 34.3 Å². The van der Waals surface area contributed by atoms with E-state index in [0.29, 0.717) is 19.0 Å². The first-order chi connectivity index (χ1) is 12.8. The summed E-state index contributed by atoms with van der Waals surface area (Å²) in [6.45, 7) is 6.86. The molecule has 148 valence electrons. The van der Waals surface area contributed by atoms with E-state index in [1.807, 2.05) is 19.9 Å². The van der Waals surface area contributed by atoms with Crippen LogP contribution < -0.4 is 20.7 Å². The van der Waals surface area contributed by atoms with E-state index in [1.165, 1.54) is 13.0 Å². The SMILES string of the molecule is CCNc1cc(C)nc(NCCNS(=O)(=O)c2ccc(CNC(C)=O)s2)n1. The number of thiophene rings is 1. The molecule has 0 aliphatic carbocycles. The predicted molar refractivity (Wildman–Crippen MR) is 106 cm³/mol. The van der Waals surface area contributed by atoms with Crippen molar-refractivity contribution < 1.29 is 13.2 Å². The quantitative estimate of drug-likeness (QED) is 0.434. The number of carbonyl (C=O) groups is 1. The van der Waals surface area contributed by atoms with Crippen molar-refractivity contribution in [3.8, 4) is 0 Å². The molecule has 27 heavy (non-hydrogen) atoms. The molecule has 11 heteroatoms. The van der Waals surface area contributed by atoms with Gasteiger partial charge in [0.1, 0.15) is 10.0 Å². The van der Waals surface area contributed by atoms with Crippen LogP contribution in [0.4, 0.5) is 11.8 Å². The van der Waals surface area contributed by atoms with Crippen molar-refractivity contribution >= 4 is 39.0 Å². The topological polar surface area (TPSA) is 125 Å². The van der Waals surface area contributed by atoms with Gasteiger partial charge in [-0.25, -0.2) is 18.1 Å². The van der Waals surface area contributed by atoms with Crippen LogP contribution in [0.3, 0.4) is 0 Å². The van der Waals surface area contributed by atoms with Gasteiger partial charge in [0, 0.05) is 43.2 Å². The van der Waals surface area contributed by atoms with Gasteiger partial charge in [0.2, 0.25) is 21.9 Å². The van der Waals surface area contributed by atoms with Gasteiger partial charge in [-0.2, -0.15) is 4.98 Å². The van der Waals surface area contributed by atoms with Gasteiger partial charge in [0.05, 0.1) is 6.54 Å². The highest BCUT2D eigenvalue weighted by Crippen LogP contribution is 2.21. The summed E-state index contributed by atoms with van der Waals surface area (Å²) in [5.41, 5.74) is 0.814. The molecule has 2 heterocycles. The predicted octanol–water partition coefficient (Wildman–Crippen LogP) is 1.30. The first-order valence-corrected chi connectivity index (χ1v) is 10.8. The Morgan fingerprint density at radius 2 is 1.96 bits per heavy atom. The average Bonchev–Trinajstić information content (AvgIpc) is 3.07. The van der Waals surface area contributed by atoms with Crippen LogP contribution in [0.5, 0.6) is 0 Å². The summed E-state index contributed by atoms with van der Waals surface area (Å²) in [5, 5.41) is 8.77. The zero-order valence-corrected chi connectivity index (χ0v) is 17.1. The monoisotopic (exact) mass is 412 g/mol. The van der Waals surface area contributed by atoms with E-state index in [1.54, 1.807) is 6.07 Å². The largest absolute Gasteiger partial charge is 0.370 e. The normalized spacial score (nSPS) is 11.2. The fraction of sp³-hybridized carbons (Fsp3) is 0.438. The zero-order chi connectivity index (χ0) is 19.9. The Morgan fingerprint density at radius 1 is 1.19 bits per heavy atom. The number of hydrogen-bond acceptors (Lipinski definition) is 8. The molecule has 0 aromatic carbocycles. The number of nitrogens with one attached hydrogen (secondary N) is 4. The Labute approximate surface area is 163 Å². The molecule has 0 saturated heterocycles. The molecule has 2 aromatic heterocycles. The van der Waals surface area contributed by atoms with Gasteiger partial charge in [0.15, 0.2) is 0 Å². The molecule has 2 rings (SSSR count). The average molecular weight is 413 g/mol. The van der Waals surface area contributed by atoms with Crippen molar-refractivity contribution in [2.24, 2.45) is 0 Å². The second kappa shape index (κ2) is 9.62. The van der Waals surface area contributed by atoms with Gasteiger partial charge in [-0.15, -0.1) is 11.3 Å². The van der Waals surface area contributed by atoms with Crippen LogP contribution in [-0.4, -0.2) is 43.9 Å². The second-order valence-corrected chi connectivity index (χ2v) is 8.87. The van der Waals surface area contributed by atoms with Gasteiger partial charge in [-0.1, -0.05) is 0 Å². The summed E-state index contributed by atoms with van der Waals surface area (Å²) in [6, 6.07) is 5.06. The molecular formula is C16H24N6O3S2. The molecule has 1 amide bonds. The molecule has 0 aliphatic rings. The molecule has 0 unspecified atom stereocenters. The lowest BCUT2D eigenvalue weighted by Gasteiger charge is -2.09. The lowest BCUT2D eigenvalue weighted by atomic mass is 10.4. The van der Waals surface area contributed by atoms with Gasteiger partial charge in [-0.3, -0.25) is 4.79 Å². The van der Waals surface area contributed by atoms with Crippen molar-refractivity contribution in [3.63, 3.8) is 0 Å². The molecule has 0 aliphatic heterocycles. The van der Waals surface area contributed by atoms with Crippen LogP contribution in [0.25, 0.3) is 0 Å². The summed E-state index contributed by atoms with van der Waals surface area (Å²) in [6.07, 6.45) is 0. The standard InChI is InChI=1S/C16H24N6O3S2/c1-4-17-14-9-11(2)21-16(22-14)18-7-8-20-27(24,25)15-6-5-13(26-15)10-19-12(3)23/h5-6,9,20H,4,7-8,10H2,1-3H3,(H,19,23)(H2,17,18,21,22). The number of nitrogens with zero attached hydrogens (tertiary/aromatic N) is 2. The third-order valence-corrected chi connectivity index (χ3v) is 6.36. The maximum atomic E-state index is 12.3. The second-order valence-electron chi connectivity index (χ2n) is 5.70. The minimum atomic E-state index is -3.59. The van der Waals surface area contributed by atoms with Crippen LogP contribution in [0, 0.1) is 6.92 Å². The van der Waals surface area contributed by atoms with Crippen molar-refractivity contribution in [2.45, 2.75) is 31.5 Å². The number of amides is 1. The Hall–Kier alpha value is -2.24. The number of carbonyl (C=O) groups excluding carboxylic acids is 1. The molecule has 0 atom stereocenters. The van der Waals surface area contributed by atoms with Crippen LogP contribution in [0.15, 0.2) is 22.4 Å². The van der Waals surface area contributed by atoms with Gasteiger partial charge >= 0.3 is 0 Å². The first-order valence-electron chi connectivity index (χ1n) is 8.46. The van der Waals surface area contributed by atoms with Crippen LogP contribution in [0.2, 0.25) is 0 Å². The highest BCUT2D eigenvalue weighted by Gasteiger charge is 2.16. The fourth-order valence-corrected chi connectivity index (χ4v) is 4.53. The number of aryl methyl sites for hydroxylation is 1. The molecule has 0 saturated carbocycles. The number of hydrogen-bond donors (Lipinski definition) is 4. The molecular weight excluding hydrogens is 388 g/mol. The molecule has 2 aromatic rings. The summed E-state index contributed by atoms with van der Waals surface area (Å²) in [4.78, 5) is 20.3. The van der Waals surface area contributed by atoms with E-state index in [-0.39, 0.29) is 16.7 Å². The number of sulfonamides is 1. The van der Waals surface area contributed by atoms with Crippen molar-refractivity contribution in [1.29, 1.82) is 0 Å². The fourth-order valence-electron chi connectivity index (χ4n) is 2.16. The molecule has 4 N–H and O–H groups in total. The van der Waals surface area contributed by atoms with E-state index in [9.17, 15) is 13.2 Å². The molecule has 9 nitrogen and oxygen atoms in total. The van der Waals surface area contributed by atoms with Gasteiger partial charge < -0.3 is 16.0 Å².